The normalized spacial score (nSPS) is 11.9. The van der Waals surface area contributed by atoms with Crippen LogP contribution in [0, 0.1) is 0 Å². The third-order valence-electron chi connectivity index (χ3n) is 15.7. The molecule has 0 saturated heterocycles. The zero-order valence-electron chi connectivity index (χ0n) is 41.5. The van der Waals surface area contributed by atoms with Crippen LogP contribution >= 0.6 is 11.3 Å². The van der Waals surface area contributed by atoms with Crippen LogP contribution in [0.15, 0.2) is 273 Å². The molecule has 0 aliphatic heterocycles. The van der Waals surface area contributed by atoms with E-state index in [4.69, 9.17) is 0 Å². The Morgan fingerprint density at radius 1 is 0.329 bits per heavy atom. The van der Waals surface area contributed by atoms with E-state index in [2.05, 4.69) is 283 Å². The number of aromatic nitrogens is 1. The maximum absolute atomic E-state index is 4.00. The van der Waals surface area contributed by atoms with E-state index in [0.29, 0.717) is 0 Å². The molecule has 3 heteroatoms. The Hall–Kier alpha value is -9.54. The Morgan fingerprint density at radius 2 is 0.855 bits per heavy atom. The number of aromatic amines is 1. The molecular formula is C73H48N2S. The van der Waals surface area contributed by atoms with Crippen LogP contribution in [0.1, 0.15) is 11.1 Å². The molecule has 0 amide bonds. The molecule has 0 spiro atoms. The molecule has 0 unspecified atom stereocenters. The van der Waals surface area contributed by atoms with Crippen molar-refractivity contribution in [1.82, 2.24) is 4.98 Å². The number of benzene rings is 12. The number of hydrogen-bond acceptors (Lipinski definition) is 2. The Balaban J connectivity index is 1.13. The van der Waals surface area contributed by atoms with Gasteiger partial charge in [-0.2, -0.15) is 0 Å². The van der Waals surface area contributed by atoms with E-state index >= 15 is 0 Å². The molecular weight excluding hydrogens is 937 g/mol. The molecule has 14 aromatic rings. The molecule has 0 saturated carbocycles. The minimum Gasteiger partial charge on any atom is -0.354 e. The fraction of sp³-hybridized carbons (Fsp3) is 0.0137. The number of nitrogens with one attached hydrogen (secondary N) is 1. The summed E-state index contributed by atoms with van der Waals surface area (Å²) >= 11 is 1.87. The second kappa shape index (κ2) is 18.1. The molecule has 1 N–H and O–H groups in total. The zero-order chi connectivity index (χ0) is 50.1. The van der Waals surface area contributed by atoms with Gasteiger partial charge in [-0.15, -0.1) is 11.3 Å². The van der Waals surface area contributed by atoms with E-state index < -0.39 is 0 Å². The van der Waals surface area contributed by atoms with E-state index in [1.54, 1.807) is 0 Å². The third-order valence-corrected chi connectivity index (χ3v) is 16.8. The first-order chi connectivity index (χ1) is 37.7. The van der Waals surface area contributed by atoms with Crippen molar-refractivity contribution in [1.29, 1.82) is 0 Å². The van der Waals surface area contributed by atoms with Crippen molar-refractivity contribution >= 4 is 70.4 Å². The monoisotopic (exact) mass is 984 g/mol. The van der Waals surface area contributed by atoms with Crippen molar-refractivity contribution in [2.75, 3.05) is 4.90 Å². The van der Waals surface area contributed by atoms with E-state index in [1.807, 2.05) is 11.3 Å². The summed E-state index contributed by atoms with van der Waals surface area (Å²) in [7, 11) is 0. The lowest BCUT2D eigenvalue weighted by Crippen LogP contribution is -2.17. The van der Waals surface area contributed by atoms with Crippen molar-refractivity contribution in [3.8, 4) is 77.9 Å². The number of hydrogen-bond donors (Lipinski definition) is 1. The molecule has 15 rings (SSSR count). The van der Waals surface area contributed by atoms with Gasteiger partial charge >= 0.3 is 0 Å². The first kappa shape index (κ1) is 44.0. The van der Waals surface area contributed by atoms with Crippen LogP contribution in [0.5, 0.6) is 0 Å². The second-order valence-electron chi connectivity index (χ2n) is 19.9. The maximum Gasteiger partial charge on any atom is 0.0588 e. The molecule has 0 atom stereocenters. The molecule has 1 aliphatic carbocycles. The molecule has 2 aromatic heterocycles. The van der Waals surface area contributed by atoms with Crippen molar-refractivity contribution in [3.63, 3.8) is 0 Å². The Labute approximate surface area is 446 Å². The highest BCUT2D eigenvalue weighted by Crippen LogP contribution is 2.58. The summed E-state index contributed by atoms with van der Waals surface area (Å²) in [4.78, 5) is 6.66. The number of fused-ring (bicyclic) bond motifs is 9. The minimum atomic E-state index is 0.786. The smallest absolute Gasteiger partial charge is 0.0588 e. The van der Waals surface area contributed by atoms with Gasteiger partial charge in [0.15, 0.2) is 0 Å². The Bertz CT molecular complexity index is 4550. The molecule has 12 aromatic carbocycles. The molecule has 1 aliphatic rings. The first-order valence-corrected chi connectivity index (χ1v) is 27.0. The van der Waals surface area contributed by atoms with Crippen LogP contribution in [-0.4, -0.2) is 4.98 Å². The molecule has 2 nitrogen and oxygen atoms in total. The van der Waals surface area contributed by atoms with Crippen LogP contribution in [0.2, 0.25) is 0 Å². The number of H-pyrrole nitrogens is 1. The molecule has 0 radical (unpaired) electrons. The summed E-state index contributed by atoms with van der Waals surface area (Å²) in [6.07, 6.45) is 0.786. The van der Waals surface area contributed by atoms with Crippen LogP contribution in [-0.2, 0) is 6.42 Å². The molecule has 356 valence electrons. The highest BCUT2D eigenvalue weighted by molar-refractivity contribution is 7.26. The van der Waals surface area contributed by atoms with Crippen molar-refractivity contribution in [2.45, 2.75) is 6.42 Å². The van der Waals surface area contributed by atoms with Crippen LogP contribution in [0.4, 0.5) is 17.1 Å². The van der Waals surface area contributed by atoms with Gasteiger partial charge in [0.2, 0.25) is 0 Å². The fourth-order valence-corrected chi connectivity index (χ4v) is 13.5. The summed E-state index contributed by atoms with van der Waals surface area (Å²) in [6.45, 7) is 0. The summed E-state index contributed by atoms with van der Waals surface area (Å²) in [5.74, 6) is 0. The topological polar surface area (TPSA) is 19.0 Å². The van der Waals surface area contributed by atoms with Crippen LogP contribution < -0.4 is 4.90 Å². The summed E-state index contributed by atoms with van der Waals surface area (Å²) in [5, 5.41) is 4.98. The van der Waals surface area contributed by atoms with Gasteiger partial charge in [0.1, 0.15) is 0 Å². The van der Waals surface area contributed by atoms with E-state index in [9.17, 15) is 0 Å². The first-order valence-electron chi connectivity index (χ1n) is 26.2. The average molecular weight is 985 g/mol. The fourth-order valence-electron chi connectivity index (χ4n) is 12.4. The largest absolute Gasteiger partial charge is 0.354 e. The standard InChI is InChI=1S/C73H48N2S/c1-4-23-47(24-5-1)52-31-15-18-41-65(52)75(73-63-45-50-29-10-11-30-51(50)62(63)46-61(48-25-6-2-7-26-48)69(73)49-27-8-3-9-28-49)66-42-21-36-56(70(66)60-39-20-38-58-55-34-14-17-40-64(55)74-72(58)60)53-32-12-13-33-54(53)57-37-22-44-68-71(57)59-35-16-19-43-67(59)76-68/h1-44,46,74H,45H2. The molecule has 0 bridgehead atoms. The van der Waals surface area contributed by atoms with Crippen molar-refractivity contribution < 1.29 is 0 Å². The lowest BCUT2D eigenvalue weighted by Gasteiger charge is -2.35. The highest BCUT2D eigenvalue weighted by atomic mass is 32.1. The summed E-state index contributed by atoms with van der Waals surface area (Å²) < 4.78 is 2.58. The number of rotatable bonds is 9. The van der Waals surface area contributed by atoms with Gasteiger partial charge in [-0.25, -0.2) is 0 Å². The average Bonchev–Trinajstić information content (AvgIpc) is 4.29. The quantitative estimate of drug-likeness (QED) is 0.153. The van der Waals surface area contributed by atoms with E-state index in [1.165, 1.54) is 92.3 Å². The number of para-hydroxylation sites is 3. The van der Waals surface area contributed by atoms with Crippen molar-refractivity contribution in [2.24, 2.45) is 0 Å². The number of nitrogens with zero attached hydrogens (tertiary/aromatic N) is 1. The Kier molecular flexibility index (Phi) is 10.5. The van der Waals surface area contributed by atoms with E-state index in [-0.39, 0.29) is 0 Å². The SMILES string of the molecule is c1ccc(-c2ccccc2N(c2cccc(-c3ccccc3-c3cccc4sc5ccccc5c34)c2-c2cccc3c2[nH]c2ccccc23)c2c3c(cc(-c4ccccc4)c2-c2ccccc2)-c2ccccc2C3)cc1. The lowest BCUT2D eigenvalue weighted by molar-refractivity contribution is 1.20. The van der Waals surface area contributed by atoms with Gasteiger partial charge < -0.3 is 9.88 Å². The lowest BCUT2D eigenvalue weighted by atomic mass is 9.84. The molecule has 2 heterocycles. The number of thiophene rings is 1. The highest BCUT2D eigenvalue weighted by Gasteiger charge is 2.34. The van der Waals surface area contributed by atoms with Gasteiger partial charge in [-0.1, -0.05) is 237 Å². The van der Waals surface area contributed by atoms with Gasteiger partial charge in [0.05, 0.1) is 22.6 Å². The zero-order valence-corrected chi connectivity index (χ0v) is 42.4. The number of anilines is 3. The molecule has 76 heavy (non-hydrogen) atoms. The van der Waals surface area contributed by atoms with Crippen LogP contribution in [0.3, 0.4) is 0 Å². The van der Waals surface area contributed by atoms with Gasteiger partial charge in [-0.3, -0.25) is 0 Å². The van der Waals surface area contributed by atoms with Crippen LogP contribution in [0.25, 0.3) is 120 Å². The Morgan fingerprint density at radius 3 is 1.64 bits per heavy atom. The van der Waals surface area contributed by atoms with Crippen molar-refractivity contribution in [3.05, 3.63) is 284 Å². The van der Waals surface area contributed by atoms with E-state index in [0.717, 1.165) is 62.2 Å². The minimum absolute atomic E-state index is 0.786. The second-order valence-corrected chi connectivity index (χ2v) is 21.0. The van der Waals surface area contributed by atoms with Gasteiger partial charge in [-0.05, 0) is 103 Å². The maximum atomic E-state index is 4.00. The summed E-state index contributed by atoms with van der Waals surface area (Å²) in [6, 6.07) is 101. The predicted octanol–water partition coefficient (Wildman–Crippen LogP) is 20.7. The summed E-state index contributed by atoms with van der Waals surface area (Å²) in [5.41, 5.74) is 24.8. The molecule has 0 fully saturated rings. The van der Waals surface area contributed by atoms with Gasteiger partial charge in [0.25, 0.3) is 0 Å². The van der Waals surface area contributed by atoms with Gasteiger partial charge in [0, 0.05) is 65.1 Å². The third kappa shape index (κ3) is 7.08. The predicted molar refractivity (Wildman–Crippen MR) is 324 cm³/mol.